The van der Waals surface area contributed by atoms with E-state index in [0.717, 1.165) is 36.8 Å². The molecule has 0 aromatic heterocycles. The highest BCUT2D eigenvalue weighted by atomic mass is 19.4. The summed E-state index contributed by atoms with van der Waals surface area (Å²) in [6, 6.07) is 4.16. The van der Waals surface area contributed by atoms with Gasteiger partial charge in [-0.15, -0.1) is 0 Å². The molecule has 1 atom stereocenters. The van der Waals surface area contributed by atoms with Crippen LogP contribution in [0.5, 0.6) is 0 Å². The van der Waals surface area contributed by atoms with Crippen molar-refractivity contribution in [2.24, 2.45) is 0 Å². The zero-order chi connectivity index (χ0) is 29.6. The molecule has 4 amide bonds. The Labute approximate surface area is 225 Å². The lowest BCUT2D eigenvalue weighted by atomic mass is 10.0. The number of carboxylic acid groups (broad SMARTS) is 2. The number of carboxylic acids is 2. The van der Waals surface area contributed by atoms with Crippen molar-refractivity contribution in [3.63, 3.8) is 0 Å². The summed E-state index contributed by atoms with van der Waals surface area (Å²) >= 11 is 0. The van der Waals surface area contributed by atoms with Gasteiger partial charge in [-0.05, 0) is 24.6 Å². The molecule has 1 unspecified atom stereocenters. The number of ether oxygens (including phenoxy) is 1. The van der Waals surface area contributed by atoms with Crippen LogP contribution in [0, 0.1) is 0 Å². The van der Waals surface area contributed by atoms with Gasteiger partial charge in [0.2, 0.25) is 11.8 Å². The maximum atomic E-state index is 13.0. The normalized spacial score (nSPS) is 19.6. The molecule has 3 N–H and O–H groups in total. The topological polar surface area (TPSA) is 174 Å². The first-order chi connectivity index (χ1) is 18.8. The molecular weight excluding hydrogens is 545 g/mol. The molecule has 2 fully saturated rings. The Bertz CT molecular complexity index is 1180. The Morgan fingerprint density at radius 3 is 2.17 bits per heavy atom. The number of anilines is 1. The van der Waals surface area contributed by atoms with Gasteiger partial charge in [-0.1, -0.05) is 0 Å². The van der Waals surface area contributed by atoms with E-state index in [0.29, 0.717) is 13.2 Å². The van der Waals surface area contributed by atoms with Crippen LogP contribution in [0.1, 0.15) is 40.0 Å². The average molecular weight is 572 g/mol. The Kier molecular flexibility index (Phi) is 9.81. The summed E-state index contributed by atoms with van der Waals surface area (Å²) in [6.07, 6.45) is -4.87. The number of aliphatic carboxylic acids is 2. The van der Waals surface area contributed by atoms with Crippen molar-refractivity contribution in [1.82, 2.24) is 15.1 Å². The van der Waals surface area contributed by atoms with Crippen molar-refractivity contribution >= 4 is 41.3 Å². The summed E-state index contributed by atoms with van der Waals surface area (Å²) in [7, 11) is 0. The highest BCUT2D eigenvalue weighted by Crippen LogP contribution is 2.31. The number of fused-ring (bicyclic) bond motifs is 1. The van der Waals surface area contributed by atoms with Crippen LogP contribution in [0.2, 0.25) is 0 Å². The zero-order valence-corrected chi connectivity index (χ0v) is 21.1. The number of rotatable bonds is 8. The fourth-order valence-electron chi connectivity index (χ4n) is 4.34. The number of benzene rings is 1. The molecule has 1 aromatic carbocycles. The number of halogens is 3. The van der Waals surface area contributed by atoms with E-state index in [4.69, 9.17) is 19.7 Å². The summed E-state index contributed by atoms with van der Waals surface area (Å²) in [5.41, 5.74) is 1.37. The van der Waals surface area contributed by atoms with E-state index in [9.17, 15) is 37.1 Å². The number of hydrogen-bond acceptors (Lipinski definition) is 9. The average Bonchev–Trinajstić information content (AvgIpc) is 3.13. The molecule has 1 aromatic rings. The standard InChI is InChI=1S/C22H26N4O7.C2HF3O2/c27-18-4-3-17(20(30)23-18)26-21(31)15-2-1-14(13-16(15)22(26)32)25-8-6-24(7-9-25)10-12-33-11-5-19(28)29;3-2(4,5)1(6)7/h1-2,13,17H,3-12H2,(H,28,29)(H,23,27,30);(H,6,7). The molecule has 16 heteroatoms. The van der Waals surface area contributed by atoms with E-state index in [1.807, 2.05) is 6.07 Å². The third-order valence-electron chi connectivity index (χ3n) is 6.42. The molecular formula is C24H27F3N4O9. The van der Waals surface area contributed by atoms with Crippen LogP contribution >= 0.6 is 0 Å². The minimum atomic E-state index is -5.08. The van der Waals surface area contributed by atoms with Gasteiger partial charge in [0.25, 0.3) is 11.8 Å². The number of alkyl halides is 3. The number of piperazine rings is 1. The van der Waals surface area contributed by atoms with Crippen LogP contribution in [-0.4, -0.2) is 114 Å². The van der Waals surface area contributed by atoms with E-state index in [1.54, 1.807) is 12.1 Å². The molecule has 0 saturated carbocycles. The van der Waals surface area contributed by atoms with Crippen molar-refractivity contribution in [3.8, 4) is 0 Å². The Balaban J connectivity index is 0.000000559. The molecule has 13 nitrogen and oxygen atoms in total. The number of nitrogens with zero attached hydrogens (tertiary/aromatic N) is 3. The van der Waals surface area contributed by atoms with Gasteiger partial charge in [0.1, 0.15) is 6.04 Å². The van der Waals surface area contributed by atoms with Crippen LogP contribution in [0.15, 0.2) is 18.2 Å². The fourth-order valence-corrected chi connectivity index (χ4v) is 4.34. The van der Waals surface area contributed by atoms with Crippen molar-refractivity contribution in [2.45, 2.75) is 31.5 Å². The SMILES string of the molecule is O=C(O)C(F)(F)F.O=C(O)CCOCCN1CCN(c2ccc3c(c2)C(=O)N(C2CCC(=O)NC2=O)C3=O)CC1. The van der Waals surface area contributed by atoms with Crippen molar-refractivity contribution in [2.75, 3.05) is 50.8 Å². The second-order valence-corrected chi connectivity index (χ2v) is 9.06. The molecule has 0 aliphatic carbocycles. The predicted molar refractivity (Wildman–Crippen MR) is 129 cm³/mol. The lowest BCUT2D eigenvalue weighted by molar-refractivity contribution is -0.192. The highest BCUT2D eigenvalue weighted by molar-refractivity contribution is 6.23. The first-order valence-corrected chi connectivity index (χ1v) is 12.2. The number of hydrogen-bond donors (Lipinski definition) is 3. The number of piperidine rings is 1. The lowest BCUT2D eigenvalue weighted by Gasteiger charge is -2.36. The second kappa shape index (κ2) is 12.9. The molecule has 3 aliphatic heterocycles. The van der Waals surface area contributed by atoms with E-state index in [1.165, 1.54) is 0 Å². The molecule has 40 heavy (non-hydrogen) atoms. The zero-order valence-electron chi connectivity index (χ0n) is 21.1. The fraction of sp³-hybridized carbons (Fsp3) is 0.500. The second-order valence-electron chi connectivity index (χ2n) is 9.06. The lowest BCUT2D eigenvalue weighted by Crippen LogP contribution is -2.54. The van der Waals surface area contributed by atoms with Crippen LogP contribution in [0.4, 0.5) is 18.9 Å². The Morgan fingerprint density at radius 1 is 0.975 bits per heavy atom. The monoisotopic (exact) mass is 572 g/mol. The number of carbonyl (C=O) groups is 6. The molecule has 2 saturated heterocycles. The Morgan fingerprint density at radius 2 is 1.60 bits per heavy atom. The molecule has 3 aliphatic rings. The number of carbonyl (C=O) groups excluding carboxylic acids is 4. The number of nitrogens with one attached hydrogen (secondary N) is 1. The van der Waals surface area contributed by atoms with Gasteiger partial charge in [0, 0.05) is 44.8 Å². The van der Waals surface area contributed by atoms with E-state index >= 15 is 0 Å². The summed E-state index contributed by atoms with van der Waals surface area (Å²) in [5, 5.41) is 17.9. The van der Waals surface area contributed by atoms with Crippen LogP contribution < -0.4 is 10.2 Å². The van der Waals surface area contributed by atoms with Gasteiger partial charge >= 0.3 is 18.1 Å². The molecule has 218 valence electrons. The highest BCUT2D eigenvalue weighted by Gasteiger charge is 2.44. The van der Waals surface area contributed by atoms with Crippen LogP contribution in [0.25, 0.3) is 0 Å². The van der Waals surface area contributed by atoms with E-state index < -0.39 is 47.8 Å². The smallest absolute Gasteiger partial charge is 0.481 e. The number of imide groups is 2. The van der Waals surface area contributed by atoms with Gasteiger partial charge in [0.05, 0.1) is 30.8 Å². The van der Waals surface area contributed by atoms with Crippen molar-refractivity contribution < 1.29 is 56.9 Å². The van der Waals surface area contributed by atoms with Crippen LogP contribution in [-0.2, 0) is 23.9 Å². The van der Waals surface area contributed by atoms with Gasteiger partial charge in [-0.2, -0.15) is 13.2 Å². The molecule has 0 radical (unpaired) electrons. The van der Waals surface area contributed by atoms with Crippen molar-refractivity contribution in [1.29, 1.82) is 0 Å². The first kappa shape index (κ1) is 30.5. The molecule has 4 rings (SSSR count). The molecule has 3 heterocycles. The van der Waals surface area contributed by atoms with Gasteiger partial charge in [0.15, 0.2) is 0 Å². The molecule has 0 bridgehead atoms. The number of amides is 4. The minimum Gasteiger partial charge on any atom is -0.481 e. The van der Waals surface area contributed by atoms with Gasteiger partial charge in [-0.3, -0.25) is 39.1 Å². The van der Waals surface area contributed by atoms with E-state index in [2.05, 4.69) is 15.1 Å². The van der Waals surface area contributed by atoms with Crippen molar-refractivity contribution in [3.05, 3.63) is 29.3 Å². The van der Waals surface area contributed by atoms with Crippen LogP contribution in [0.3, 0.4) is 0 Å². The summed E-state index contributed by atoms with van der Waals surface area (Å²) in [4.78, 5) is 74.2. The largest absolute Gasteiger partial charge is 0.490 e. The molecule has 0 spiro atoms. The van der Waals surface area contributed by atoms with E-state index in [-0.39, 0.29) is 37.0 Å². The van der Waals surface area contributed by atoms with Gasteiger partial charge in [-0.25, -0.2) is 4.79 Å². The first-order valence-electron chi connectivity index (χ1n) is 12.2. The maximum absolute atomic E-state index is 13.0. The third-order valence-corrected chi connectivity index (χ3v) is 6.42. The summed E-state index contributed by atoms with van der Waals surface area (Å²) in [6.45, 7) is 4.42. The summed E-state index contributed by atoms with van der Waals surface area (Å²) < 4.78 is 37.1. The third kappa shape index (κ3) is 7.53. The minimum absolute atomic E-state index is 0.00565. The van der Waals surface area contributed by atoms with Gasteiger partial charge < -0.3 is 19.8 Å². The predicted octanol–water partition coefficient (Wildman–Crippen LogP) is 0.334. The quantitative estimate of drug-likeness (QED) is 0.289. The summed E-state index contributed by atoms with van der Waals surface area (Å²) in [5.74, 6) is -5.68. The Hall–Kier alpha value is -4.05. The maximum Gasteiger partial charge on any atom is 0.490 e.